The molecule has 0 aliphatic carbocycles. The second kappa shape index (κ2) is 6.71. The van der Waals surface area contributed by atoms with E-state index in [1.807, 2.05) is 0 Å². The van der Waals surface area contributed by atoms with E-state index in [0.29, 0.717) is 0 Å². The molecule has 0 saturated carbocycles. The first-order chi connectivity index (χ1) is 8.24. The SMILES string of the molecule is CN(Cc1ccc(I)cc1)CC1CCOCC1. The van der Waals surface area contributed by atoms with E-state index < -0.39 is 0 Å². The van der Waals surface area contributed by atoms with E-state index >= 15 is 0 Å². The molecule has 0 atom stereocenters. The molecule has 2 nitrogen and oxygen atoms in total. The highest BCUT2D eigenvalue weighted by molar-refractivity contribution is 14.1. The molecule has 1 aromatic rings. The van der Waals surface area contributed by atoms with Gasteiger partial charge in [0.25, 0.3) is 0 Å². The summed E-state index contributed by atoms with van der Waals surface area (Å²) in [7, 11) is 2.22. The fourth-order valence-corrected chi connectivity index (χ4v) is 2.70. The van der Waals surface area contributed by atoms with Crippen LogP contribution in [0.25, 0.3) is 0 Å². The van der Waals surface area contributed by atoms with Crippen LogP contribution >= 0.6 is 22.6 Å². The fourth-order valence-electron chi connectivity index (χ4n) is 2.34. The van der Waals surface area contributed by atoms with E-state index in [2.05, 4.69) is 58.8 Å². The second-order valence-corrected chi connectivity index (χ2v) is 6.12. The van der Waals surface area contributed by atoms with Crippen molar-refractivity contribution in [3.8, 4) is 0 Å². The van der Waals surface area contributed by atoms with Gasteiger partial charge in [-0.2, -0.15) is 0 Å². The summed E-state index contributed by atoms with van der Waals surface area (Å²) in [6.07, 6.45) is 2.44. The summed E-state index contributed by atoms with van der Waals surface area (Å²) in [5, 5.41) is 0. The smallest absolute Gasteiger partial charge is 0.0469 e. The first-order valence-corrected chi connectivity index (χ1v) is 7.32. The topological polar surface area (TPSA) is 12.5 Å². The van der Waals surface area contributed by atoms with Gasteiger partial charge in [-0.1, -0.05) is 12.1 Å². The van der Waals surface area contributed by atoms with Crippen molar-refractivity contribution < 1.29 is 4.74 Å². The van der Waals surface area contributed by atoms with Crippen LogP contribution in [0, 0.1) is 9.49 Å². The van der Waals surface area contributed by atoms with Crippen LogP contribution in [0.5, 0.6) is 0 Å². The Hall–Kier alpha value is -0.130. The van der Waals surface area contributed by atoms with Gasteiger partial charge < -0.3 is 9.64 Å². The van der Waals surface area contributed by atoms with Crippen LogP contribution < -0.4 is 0 Å². The molecule has 1 aliphatic heterocycles. The molecular formula is C14H20INO. The lowest BCUT2D eigenvalue weighted by molar-refractivity contribution is 0.0549. The first kappa shape index (κ1) is 13.3. The number of nitrogens with zero attached hydrogens (tertiary/aromatic N) is 1. The van der Waals surface area contributed by atoms with Crippen molar-refractivity contribution in [3.05, 3.63) is 33.4 Å². The van der Waals surface area contributed by atoms with Gasteiger partial charge in [0, 0.05) is 29.9 Å². The van der Waals surface area contributed by atoms with E-state index in [1.54, 1.807) is 0 Å². The molecule has 0 spiro atoms. The highest BCUT2D eigenvalue weighted by atomic mass is 127. The Morgan fingerprint density at radius 1 is 1.24 bits per heavy atom. The molecular weight excluding hydrogens is 325 g/mol. The number of hydrogen-bond donors (Lipinski definition) is 0. The van der Waals surface area contributed by atoms with Crippen molar-refractivity contribution in [2.24, 2.45) is 5.92 Å². The van der Waals surface area contributed by atoms with E-state index in [4.69, 9.17) is 4.74 Å². The Morgan fingerprint density at radius 2 is 1.88 bits per heavy atom. The predicted molar refractivity (Wildman–Crippen MR) is 79.0 cm³/mol. The number of halogens is 1. The minimum Gasteiger partial charge on any atom is -0.381 e. The average Bonchev–Trinajstić information content (AvgIpc) is 2.33. The van der Waals surface area contributed by atoms with Gasteiger partial charge in [0.15, 0.2) is 0 Å². The second-order valence-electron chi connectivity index (χ2n) is 4.88. The zero-order chi connectivity index (χ0) is 12.1. The van der Waals surface area contributed by atoms with Gasteiger partial charge in [0.1, 0.15) is 0 Å². The van der Waals surface area contributed by atoms with Gasteiger partial charge in [0.05, 0.1) is 0 Å². The summed E-state index contributed by atoms with van der Waals surface area (Å²) >= 11 is 2.35. The number of benzene rings is 1. The lowest BCUT2D eigenvalue weighted by Gasteiger charge is -2.27. The van der Waals surface area contributed by atoms with Crippen LogP contribution in [-0.2, 0) is 11.3 Å². The molecule has 0 amide bonds. The minimum atomic E-state index is 0.817. The molecule has 0 aromatic heterocycles. The van der Waals surface area contributed by atoms with Gasteiger partial charge in [-0.3, -0.25) is 0 Å². The molecule has 17 heavy (non-hydrogen) atoms. The number of rotatable bonds is 4. The molecule has 0 bridgehead atoms. The molecule has 1 aliphatic rings. The summed E-state index contributed by atoms with van der Waals surface area (Å²) < 4.78 is 6.70. The highest BCUT2D eigenvalue weighted by Gasteiger charge is 2.15. The molecule has 0 radical (unpaired) electrons. The van der Waals surface area contributed by atoms with Gasteiger partial charge in [0.2, 0.25) is 0 Å². The Balaban J connectivity index is 1.79. The molecule has 0 N–H and O–H groups in total. The van der Waals surface area contributed by atoms with Crippen LogP contribution in [0.3, 0.4) is 0 Å². The molecule has 1 heterocycles. The Labute approximate surface area is 117 Å². The Bertz CT molecular complexity index is 333. The monoisotopic (exact) mass is 345 g/mol. The molecule has 0 unspecified atom stereocenters. The normalized spacial score (nSPS) is 17.6. The third kappa shape index (κ3) is 4.56. The third-order valence-corrected chi connectivity index (χ3v) is 4.00. The van der Waals surface area contributed by atoms with Crippen LogP contribution in [0.1, 0.15) is 18.4 Å². The fraction of sp³-hybridized carbons (Fsp3) is 0.571. The Morgan fingerprint density at radius 3 is 2.53 bits per heavy atom. The number of hydrogen-bond acceptors (Lipinski definition) is 2. The molecule has 1 saturated heterocycles. The molecule has 94 valence electrons. The average molecular weight is 345 g/mol. The largest absolute Gasteiger partial charge is 0.381 e. The standard InChI is InChI=1S/C14H20INO/c1-16(11-13-6-8-17-9-7-13)10-12-2-4-14(15)5-3-12/h2-5,13H,6-11H2,1H3. The van der Waals surface area contributed by atoms with Gasteiger partial charge >= 0.3 is 0 Å². The van der Waals surface area contributed by atoms with Crippen molar-refractivity contribution in [1.82, 2.24) is 4.90 Å². The van der Waals surface area contributed by atoms with E-state index in [0.717, 1.165) is 25.7 Å². The van der Waals surface area contributed by atoms with Crippen molar-refractivity contribution in [2.75, 3.05) is 26.8 Å². The van der Waals surface area contributed by atoms with Gasteiger partial charge in [-0.15, -0.1) is 0 Å². The van der Waals surface area contributed by atoms with Gasteiger partial charge in [-0.25, -0.2) is 0 Å². The highest BCUT2D eigenvalue weighted by Crippen LogP contribution is 2.17. The summed E-state index contributed by atoms with van der Waals surface area (Å²) in [6.45, 7) is 4.13. The predicted octanol–water partition coefficient (Wildman–Crippen LogP) is 3.15. The van der Waals surface area contributed by atoms with Crippen molar-refractivity contribution in [2.45, 2.75) is 19.4 Å². The summed E-state index contributed by atoms with van der Waals surface area (Å²) in [4.78, 5) is 2.43. The molecule has 2 rings (SSSR count). The van der Waals surface area contributed by atoms with E-state index in [1.165, 1.54) is 28.5 Å². The third-order valence-electron chi connectivity index (χ3n) is 3.28. The van der Waals surface area contributed by atoms with Crippen LogP contribution in [0.2, 0.25) is 0 Å². The summed E-state index contributed by atoms with van der Waals surface area (Å²) in [5.41, 5.74) is 1.40. The van der Waals surface area contributed by atoms with E-state index in [9.17, 15) is 0 Å². The van der Waals surface area contributed by atoms with E-state index in [-0.39, 0.29) is 0 Å². The van der Waals surface area contributed by atoms with Crippen molar-refractivity contribution >= 4 is 22.6 Å². The first-order valence-electron chi connectivity index (χ1n) is 6.25. The Kier molecular flexibility index (Phi) is 5.25. The van der Waals surface area contributed by atoms with Crippen LogP contribution in [-0.4, -0.2) is 31.7 Å². The zero-order valence-electron chi connectivity index (χ0n) is 10.4. The summed E-state index contributed by atoms with van der Waals surface area (Å²) in [6, 6.07) is 8.81. The number of ether oxygens (including phenoxy) is 1. The summed E-state index contributed by atoms with van der Waals surface area (Å²) in [5.74, 6) is 0.817. The maximum absolute atomic E-state index is 5.39. The molecule has 3 heteroatoms. The molecule has 1 aromatic carbocycles. The van der Waals surface area contributed by atoms with Gasteiger partial charge in [-0.05, 0) is 66.1 Å². The zero-order valence-corrected chi connectivity index (χ0v) is 12.5. The maximum atomic E-state index is 5.39. The quantitative estimate of drug-likeness (QED) is 0.778. The maximum Gasteiger partial charge on any atom is 0.0469 e. The van der Waals surface area contributed by atoms with Crippen LogP contribution in [0.15, 0.2) is 24.3 Å². The minimum absolute atomic E-state index is 0.817. The van der Waals surface area contributed by atoms with Crippen molar-refractivity contribution in [1.29, 1.82) is 0 Å². The van der Waals surface area contributed by atoms with Crippen molar-refractivity contribution in [3.63, 3.8) is 0 Å². The lowest BCUT2D eigenvalue weighted by Crippen LogP contribution is -2.29. The van der Waals surface area contributed by atoms with Crippen LogP contribution in [0.4, 0.5) is 0 Å². The molecule has 1 fully saturated rings. The lowest BCUT2D eigenvalue weighted by atomic mass is 10.00.